The summed E-state index contributed by atoms with van der Waals surface area (Å²) < 4.78 is 23.7. The normalized spacial score (nSPS) is 23.7. The molecule has 178 valence electrons. The van der Waals surface area contributed by atoms with Crippen LogP contribution in [0.15, 0.2) is 0 Å². The van der Waals surface area contributed by atoms with E-state index in [4.69, 9.17) is 9.05 Å². The van der Waals surface area contributed by atoms with E-state index in [1.165, 1.54) is 6.92 Å². The highest BCUT2D eigenvalue weighted by Crippen LogP contribution is 2.53. The van der Waals surface area contributed by atoms with Gasteiger partial charge in [0.1, 0.15) is 6.04 Å². The number of amides is 2. The van der Waals surface area contributed by atoms with E-state index < -0.39 is 43.1 Å². The van der Waals surface area contributed by atoms with Crippen molar-refractivity contribution in [3.63, 3.8) is 0 Å². The maximum atomic E-state index is 12.9. The molecule has 0 aliphatic carbocycles. The summed E-state index contributed by atoms with van der Waals surface area (Å²) in [5.41, 5.74) is -0.831. The van der Waals surface area contributed by atoms with Gasteiger partial charge in [-0.25, -0.2) is 9.65 Å². The first kappa shape index (κ1) is 27.6. The Kier molecular flexibility index (Phi) is 10.6. The lowest BCUT2D eigenvalue weighted by Crippen LogP contribution is -2.52. The quantitative estimate of drug-likeness (QED) is 0.249. The molecule has 0 radical (unpaired) electrons. The van der Waals surface area contributed by atoms with Crippen molar-refractivity contribution in [2.24, 2.45) is 11.3 Å². The lowest BCUT2D eigenvalue weighted by molar-refractivity contribution is -0.141. The average molecular weight is 482 g/mol. The van der Waals surface area contributed by atoms with E-state index in [0.717, 1.165) is 11.8 Å². The molecule has 0 spiro atoms. The molecule has 11 nitrogen and oxygen atoms in total. The molecule has 2 amide bonds. The summed E-state index contributed by atoms with van der Waals surface area (Å²) in [4.78, 5) is 46.7. The molecule has 13 heteroatoms. The fourth-order valence-corrected chi connectivity index (χ4v) is 5.23. The van der Waals surface area contributed by atoms with Crippen molar-refractivity contribution in [3.8, 4) is 0 Å². The molecule has 4 N–H and O–H groups in total. The van der Waals surface area contributed by atoms with Gasteiger partial charge in [0.25, 0.3) is 0 Å². The maximum Gasteiger partial charge on any atom is 0.407 e. The Morgan fingerprint density at radius 2 is 1.84 bits per heavy atom. The number of rotatable bonds is 11. The van der Waals surface area contributed by atoms with Crippen LogP contribution in [0, 0.1) is 11.3 Å². The van der Waals surface area contributed by atoms with Gasteiger partial charge in [-0.1, -0.05) is 39.5 Å². The van der Waals surface area contributed by atoms with Gasteiger partial charge in [0.15, 0.2) is 11.2 Å². The lowest BCUT2D eigenvalue weighted by atomic mass is 9.87. The zero-order valence-electron chi connectivity index (χ0n) is 18.4. The van der Waals surface area contributed by atoms with Crippen LogP contribution in [0.3, 0.4) is 0 Å². The van der Waals surface area contributed by atoms with Crippen molar-refractivity contribution in [2.75, 3.05) is 25.4 Å². The first-order chi connectivity index (χ1) is 14.3. The molecule has 2 unspecified atom stereocenters. The standard InChI is InChI=1S/C18H32N3O8PS/c1-11(2)14(17(25)26)21-30(27)28-10-18(4,5)15(29-30)16(24)20-7-6-13(23)19-8-9-31-12(3)22/h11,14-15H,6-10H2,1-5H3,(H,19,23)(H,20,24)(H,21,27)(H,25,26)/t14?,15-,30?/m0/s1. The zero-order valence-corrected chi connectivity index (χ0v) is 20.1. The van der Waals surface area contributed by atoms with Crippen molar-refractivity contribution in [2.45, 2.75) is 53.2 Å². The van der Waals surface area contributed by atoms with Crippen LogP contribution in [0.4, 0.5) is 0 Å². The second-order valence-electron chi connectivity index (χ2n) is 8.16. The number of hydrogen-bond donors (Lipinski definition) is 4. The minimum atomic E-state index is -4.05. The van der Waals surface area contributed by atoms with E-state index in [2.05, 4.69) is 15.7 Å². The third kappa shape index (κ3) is 9.28. The van der Waals surface area contributed by atoms with Crippen molar-refractivity contribution < 1.29 is 37.9 Å². The van der Waals surface area contributed by atoms with Gasteiger partial charge in [-0.2, -0.15) is 0 Å². The van der Waals surface area contributed by atoms with Crippen LogP contribution in [0.2, 0.25) is 0 Å². The Bertz CT molecular complexity index is 731. The molecule has 0 saturated carbocycles. The number of hydrogen-bond acceptors (Lipinski definition) is 8. The summed E-state index contributed by atoms with van der Waals surface area (Å²) in [5, 5.41) is 16.9. The smallest absolute Gasteiger partial charge is 0.407 e. The van der Waals surface area contributed by atoms with Crippen LogP contribution in [-0.4, -0.2) is 65.6 Å². The van der Waals surface area contributed by atoms with Crippen LogP contribution < -0.4 is 15.7 Å². The van der Waals surface area contributed by atoms with E-state index >= 15 is 0 Å². The first-order valence-corrected chi connectivity index (χ1v) is 12.4. The second-order valence-corrected chi connectivity index (χ2v) is 11.2. The largest absolute Gasteiger partial charge is 0.480 e. The number of aliphatic carboxylic acids is 1. The highest BCUT2D eigenvalue weighted by molar-refractivity contribution is 8.13. The number of carboxylic acid groups (broad SMARTS) is 1. The zero-order chi connectivity index (χ0) is 23.8. The molecule has 1 saturated heterocycles. The fourth-order valence-electron chi connectivity index (χ4n) is 2.63. The van der Waals surface area contributed by atoms with E-state index in [1.54, 1.807) is 27.7 Å². The summed E-state index contributed by atoms with van der Waals surface area (Å²) in [7, 11) is -4.05. The molecule has 1 rings (SSSR count). The number of carbonyl (C=O) groups is 4. The van der Waals surface area contributed by atoms with Gasteiger partial charge in [-0.15, -0.1) is 0 Å². The third-order valence-corrected chi connectivity index (χ3v) is 6.78. The molecule has 31 heavy (non-hydrogen) atoms. The van der Waals surface area contributed by atoms with Gasteiger partial charge in [-0.05, 0) is 5.92 Å². The van der Waals surface area contributed by atoms with Crippen LogP contribution in [0.5, 0.6) is 0 Å². The summed E-state index contributed by atoms with van der Waals surface area (Å²) in [5.74, 6) is -2.01. The lowest BCUT2D eigenvalue weighted by Gasteiger charge is -2.41. The molecule has 3 atom stereocenters. The first-order valence-electron chi connectivity index (χ1n) is 9.89. The van der Waals surface area contributed by atoms with Gasteiger partial charge in [0.05, 0.1) is 6.61 Å². The van der Waals surface area contributed by atoms with Crippen LogP contribution >= 0.6 is 19.5 Å². The topological polar surface area (TPSA) is 160 Å². The molecule has 0 aromatic rings. The molecule has 1 aliphatic rings. The Balaban J connectivity index is 2.62. The monoisotopic (exact) mass is 481 g/mol. The van der Waals surface area contributed by atoms with Crippen molar-refractivity contribution >= 4 is 42.4 Å². The maximum absolute atomic E-state index is 12.9. The van der Waals surface area contributed by atoms with E-state index in [9.17, 15) is 28.8 Å². The summed E-state index contributed by atoms with van der Waals surface area (Å²) in [6.45, 7) is 8.38. The summed E-state index contributed by atoms with van der Waals surface area (Å²) in [6.07, 6.45) is -1.15. The van der Waals surface area contributed by atoms with Gasteiger partial charge < -0.3 is 15.7 Å². The van der Waals surface area contributed by atoms with E-state index in [0.29, 0.717) is 12.3 Å². The molecule has 1 heterocycles. The van der Waals surface area contributed by atoms with Crippen molar-refractivity contribution in [3.05, 3.63) is 0 Å². The summed E-state index contributed by atoms with van der Waals surface area (Å²) in [6, 6.07) is -1.18. The van der Waals surface area contributed by atoms with E-state index in [-0.39, 0.29) is 30.6 Å². The van der Waals surface area contributed by atoms with Gasteiger partial charge in [-0.3, -0.25) is 28.2 Å². The highest BCUT2D eigenvalue weighted by atomic mass is 32.2. The fraction of sp³-hybridized carbons (Fsp3) is 0.778. The number of thioether (sulfide) groups is 1. The highest BCUT2D eigenvalue weighted by Gasteiger charge is 2.49. The van der Waals surface area contributed by atoms with Crippen molar-refractivity contribution in [1.29, 1.82) is 0 Å². The SMILES string of the molecule is CC(=O)SCCNC(=O)CCNC(=O)[C@@H]1OP(=O)(NC(C(=O)O)C(C)C)OCC1(C)C. The molecule has 0 aromatic carbocycles. The molecule has 1 fully saturated rings. The van der Waals surface area contributed by atoms with Gasteiger partial charge >= 0.3 is 13.7 Å². The third-order valence-electron chi connectivity index (χ3n) is 4.41. The van der Waals surface area contributed by atoms with Gasteiger partial charge in [0.2, 0.25) is 11.8 Å². The number of carbonyl (C=O) groups excluding carboxylic acids is 3. The Morgan fingerprint density at radius 3 is 2.39 bits per heavy atom. The molecular weight excluding hydrogens is 449 g/mol. The average Bonchev–Trinajstić information content (AvgIpc) is 2.65. The minimum absolute atomic E-state index is 0.0183. The second kappa shape index (κ2) is 12.0. The Labute approximate surface area is 186 Å². The van der Waals surface area contributed by atoms with Gasteiger partial charge in [0, 0.05) is 37.6 Å². The Morgan fingerprint density at radius 1 is 1.19 bits per heavy atom. The Hall–Kier alpha value is -1.46. The van der Waals surface area contributed by atoms with Crippen molar-refractivity contribution in [1.82, 2.24) is 15.7 Å². The van der Waals surface area contributed by atoms with Crippen LogP contribution in [-0.2, 0) is 32.8 Å². The molecular formula is C18H32N3O8PS. The number of carboxylic acids is 1. The van der Waals surface area contributed by atoms with Crippen LogP contribution in [0.25, 0.3) is 0 Å². The predicted octanol–water partition coefficient (Wildman–Crippen LogP) is 1.14. The molecule has 1 aliphatic heterocycles. The van der Waals surface area contributed by atoms with E-state index in [1.807, 2.05) is 0 Å². The molecule has 0 bridgehead atoms. The summed E-state index contributed by atoms with van der Waals surface area (Å²) >= 11 is 1.11. The molecule has 0 aromatic heterocycles. The minimum Gasteiger partial charge on any atom is -0.480 e. The van der Waals surface area contributed by atoms with Crippen LogP contribution in [0.1, 0.15) is 41.0 Å². The number of nitrogens with one attached hydrogen (secondary N) is 3. The predicted molar refractivity (Wildman–Crippen MR) is 115 cm³/mol.